The molecule has 0 atom stereocenters. The van der Waals surface area contributed by atoms with Crippen LogP contribution in [-0.4, -0.2) is 28.6 Å². The van der Waals surface area contributed by atoms with Crippen LogP contribution in [0.2, 0.25) is 0 Å². The van der Waals surface area contributed by atoms with Gasteiger partial charge in [0.25, 0.3) is 10.0 Å². The first-order valence-electron chi connectivity index (χ1n) is 9.63. The summed E-state index contributed by atoms with van der Waals surface area (Å²) < 4.78 is 30.1. The number of aromatic nitrogens is 4. The predicted octanol–water partition coefficient (Wildman–Crippen LogP) is 3.35. The van der Waals surface area contributed by atoms with Crippen molar-refractivity contribution in [3.8, 4) is 11.4 Å². The molecule has 8 heteroatoms. The van der Waals surface area contributed by atoms with Crippen LogP contribution in [0.4, 0.5) is 5.69 Å². The molecule has 1 fully saturated rings. The second-order valence-corrected chi connectivity index (χ2v) is 9.18. The summed E-state index contributed by atoms with van der Waals surface area (Å²) in [7, 11) is -3.62. The van der Waals surface area contributed by atoms with Crippen molar-refractivity contribution in [1.82, 2.24) is 20.2 Å². The molecule has 2 aliphatic carbocycles. The molecule has 3 aromatic rings. The van der Waals surface area contributed by atoms with E-state index in [-0.39, 0.29) is 0 Å². The Morgan fingerprint density at radius 2 is 1.71 bits per heavy atom. The Morgan fingerprint density at radius 1 is 0.964 bits per heavy atom. The fourth-order valence-corrected chi connectivity index (χ4v) is 4.84. The first-order chi connectivity index (χ1) is 13.6. The van der Waals surface area contributed by atoms with E-state index in [4.69, 9.17) is 0 Å². The third kappa shape index (κ3) is 3.28. The number of tetrazole rings is 1. The molecule has 0 aliphatic heterocycles. The van der Waals surface area contributed by atoms with Gasteiger partial charge in [-0.3, -0.25) is 4.72 Å². The van der Waals surface area contributed by atoms with Crippen LogP contribution in [0.1, 0.15) is 42.9 Å². The highest BCUT2D eigenvalue weighted by Crippen LogP contribution is 2.36. The molecule has 0 spiro atoms. The van der Waals surface area contributed by atoms with Crippen LogP contribution in [0, 0.1) is 0 Å². The van der Waals surface area contributed by atoms with E-state index < -0.39 is 10.0 Å². The summed E-state index contributed by atoms with van der Waals surface area (Å²) >= 11 is 0. The summed E-state index contributed by atoms with van der Waals surface area (Å²) in [6.07, 6.45) is 6.46. The third-order valence-corrected chi connectivity index (χ3v) is 6.79. The van der Waals surface area contributed by atoms with Crippen molar-refractivity contribution >= 4 is 15.7 Å². The number of hydrogen-bond donors (Lipinski definition) is 1. The zero-order valence-corrected chi connectivity index (χ0v) is 16.2. The second-order valence-electron chi connectivity index (χ2n) is 7.50. The van der Waals surface area contributed by atoms with Crippen LogP contribution in [-0.2, 0) is 22.9 Å². The topological polar surface area (TPSA) is 89.8 Å². The predicted molar refractivity (Wildman–Crippen MR) is 105 cm³/mol. The molecule has 1 N–H and O–H groups in total. The fourth-order valence-electron chi connectivity index (χ4n) is 3.73. The lowest BCUT2D eigenvalue weighted by Gasteiger charge is -2.17. The molecule has 0 radical (unpaired) electrons. The first-order valence-corrected chi connectivity index (χ1v) is 11.1. The zero-order chi connectivity index (χ0) is 19.1. The quantitative estimate of drug-likeness (QED) is 0.715. The van der Waals surface area contributed by atoms with Crippen LogP contribution < -0.4 is 4.72 Å². The third-order valence-electron chi connectivity index (χ3n) is 5.41. The lowest BCUT2D eigenvalue weighted by molar-refractivity contribution is 0.600. The van der Waals surface area contributed by atoms with Gasteiger partial charge in [0.05, 0.1) is 10.9 Å². The fraction of sp³-hybridized carbons (Fsp3) is 0.350. The van der Waals surface area contributed by atoms with Gasteiger partial charge in [-0.15, -0.1) is 5.10 Å². The Morgan fingerprint density at radius 3 is 2.46 bits per heavy atom. The van der Waals surface area contributed by atoms with Gasteiger partial charge in [-0.1, -0.05) is 6.07 Å². The van der Waals surface area contributed by atoms with E-state index >= 15 is 0 Å². The Balaban J connectivity index is 1.37. The molecular formula is C20H21N5O2S. The molecule has 1 saturated carbocycles. The molecule has 0 unspecified atom stereocenters. The summed E-state index contributed by atoms with van der Waals surface area (Å²) in [6.45, 7) is 0. The van der Waals surface area contributed by atoms with Gasteiger partial charge in [0.2, 0.25) is 0 Å². The molecule has 7 nitrogen and oxygen atoms in total. The van der Waals surface area contributed by atoms with Gasteiger partial charge < -0.3 is 0 Å². The van der Waals surface area contributed by atoms with E-state index in [0.717, 1.165) is 43.2 Å². The summed E-state index contributed by atoms with van der Waals surface area (Å²) in [5.41, 5.74) is 3.81. The van der Waals surface area contributed by atoms with Gasteiger partial charge in [-0.05, 0) is 96.5 Å². The van der Waals surface area contributed by atoms with Crippen LogP contribution in [0.25, 0.3) is 11.4 Å². The number of rotatable bonds is 5. The van der Waals surface area contributed by atoms with E-state index in [0.29, 0.717) is 22.4 Å². The lowest BCUT2D eigenvalue weighted by Crippen LogP contribution is -2.14. The number of nitrogens with zero attached hydrogens (tertiary/aromatic N) is 4. The molecule has 1 heterocycles. The Kier molecular flexibility index (Phi) is 4.16. The second kappa shape index (κ2) is 6.70. The molecular weight excluding hydrogens is 374 g/mol. The number of fused-ring (bicyclic) bond motifs is 1. The Bertz CT molecular complexity index is 1120. The van der Waals surface area contributed by atoms with Crippen molar-refractivity contribution < 1.29 is 8.42 Å². The highest BCUT2D eigenvalue weighted by atomic mass is 32.2. The molecule has 2 aliphatic rings. The summed E-state index contributed by atoms with van der Waals surface area (Å²) in [5, 5.41) is 11.9. The molecule has 28 heavy (non-hydrogen) atoms. The van der Waals surface area contributed by atoms with E-state index in [1.54, 1.807) is 18.2 Å². The van der Waals surface area contributed by atoms with Gasteiger partial charge in [-0.2, -0.15) is 0 Å². The minimum atomic E-state index is -3.62. The van der Waals surface area contributed by atoms with E-state index in [2.05, 4.69) is 20.2 Å². The van der Waals surface area contributed by atoms with Crippen molar-refractivity contribution in [1.29, 1.82) is 0 Å². The Hall–Kier alpha value is -2.74. The number of aryl methyl sites for hydroxylation is 2. The van der Waals surface area contributed by atoms with Gasteiger partial charge in [-0.25, -0.2) is 13.1 Å². The van der Waals surface area contributed by atoms with E-state index in [1.165, 1.54) is 12.0 Å². The molecule has 144 valence electrons. The monoisotopic (exact) mass is 395 g/mol. The van der Waals surface area contributed by atoms with Crippen LogP contribution in [0.15, 0.2) is 47.4 Å². The maximum Gasteiger partial charge on any atom is 0.261 e. The summed E-state index contributed by atoms with van der Waals surface area (Å²) in [5.74, 6) is 0.714. The smallest absolute Gasteiger partial charge is 0.261 e. The van der Waals surface area contributed by atoms with Gasteiger partial charge in [0.15, 0.2) is 5.82 Å². The minimum absolute atomic E-state index is 0.315. The van der Waals surface area contributed by atoms with Gasteiger partial charge >= 0.3 is 0 Å². The highest BCUT2D eigenvalue weighted by Gasteiger charge is 2.28. The van der Waals surface area contributed by atoms with Crippen molar-refractivity contribution in [2.45, 2.75) is 49.5 Å². The number of nitrogens with one attached hydrogen (secondary N) is 1. The van der Waals surface area contributed by atoms with Gasteiger partial charge in [0, 0.05) is 11.3 Å². The van der Waals surface area contributed by atoms with Crippen molar-refractivity contribution in [2.75, 3.05) is 4.72 Å². The van der Waals surface area contributed by atoms with Gasteiger partial charge in [0.1, 0.15) is 0 Å². The van der Waals surface area contributed by atoms with Crippen molar-refractivity contribution in [3.05, 3.63) is 53.6 Å². The molecule has 0 saturated heterocycles. The summed E-state index contributed by atoms with van der Waals surface area (Å²) in [4.78, 5) is 0.315. The van der Waals surface area contributed by atoms with Crippen molar-refractivity contribution in [2.24, 2.45) is 0 Å². The lowest BCUT2D eigenvalue weighted by atomic mass is 9.92. The average Bonchev–Trinajstić information content (AvgIpc) is 3.44. The largest absolute Gasteiger partial charge is 0.280 e. The molecule has 5 rings (SSSR count). The highest BCUT2D eigenvalue weighted by molar-refractivity contribution is 7.92. The van der Waals surface area contributed by atoms with E-state index in [9.17, 15) is 8.42 Å². The number of benzene rings is 2. The molecule has 2 aromatic carbocycles. The van der Waals surface area contributed by atoms with Crippen molar-refractivity contribution in [3.63, 3.8) is 0 Å². The molecule has 0 bridgehead atoms. The van der Waals surface area contributed by atoms with Crippen LogP contribution >= 0.6 is 0 Å². The summed E-state index contributed by atoms with van der Waals surface area (Å²) in [6, 6.07) is 13.0. The number of anilines is 1. The van der Waals surface area contributed by atoms with E-state index in [1.807, 2.05) is 28.9 Å². The minimum Gasteiger partial charge on any atom is -0.280 e. The van der Waals surface area contributed by atoms with Crippen LogP contribution in [0.3, 0.4) is 0 Å². The zero-order valence-electron chi connectivity index (χ0n) is 15.4. The first kappa shape index (κ1) is 17.4. The standard InChI is InChI=1S/C20H21N5O2S/c26-28(27,19-12-7-14-3-1-2-4-16(14)13-19)22-17-8-5-15(6-9-17)20-21-23-24-25(20)18-10-11-18/h5-9,12-13,18,22H,1-4,10-11H2. The number of sulfonamides is 1. The van der Waals surface area contributed by atoms with Crippen LogP contribution in [0.5, 0.6) is 0 Å². The maximum absolute atomic E-state index is 12.8. The maximum atomic E-state index is 12.8. The average molecular weight is 395 g/mol. The molecule has 0 amide bonds. The number of hydrogen-bond acceptors (Lipinski definition) is 5. The Labute approximate surface area is 163 Å². The SMILES string of the molecule is O=S(=O)(Nc1ccc(-c2nnnn2C2CC2)cc1)c1ccc2c(c1)CCCC2. The molecule has 1 aromatic heterocycles. The normalized spacial score (nSPS) is 16.6.